The fraction of sp³-hybridized carbons (Fsp3) is 0.538. The van der Waals surface area contributed by atoms with Crippen LogP contribution < -0.4 is 4.90 Å². The van der Waals surface area contributed by atoms with Crippen LogP contribution in [-0.2, 0) is 4.79 Å². The fourth-order valence-electron chi connectivity index (χ4n) is 4.36. The highest BCUT2D eigenvalue weighted by atomic mass is 19.1. The molecule has 2 heterocycles. The number of aliphatic carboxylic acids is 1. The lowest BCUT2D eigenvalue weighted by Gasteiger charge is -2.33. The number of nitrogens with zero attached hydrogens (tertiary/aromatic N) is 5. The van der Waals surface area contributed by atoms with Gasteiger partial charge in [0, 0.05) is 61.5 Å². The second-order valence-electron chi connectivity index (χ2n) is 9.09. The van der Waals surface area contributed by atoms with Crippen LogP contribution in [0.15, 0.2) is 29.5 Å². The zero-order chi connectivity index (χ0) is 24.7. The third-order valence-electron chi connectivity index (χ3n) is 6.31. The van der Waals surface area contributed by atoms with Crippen molar-refractivity contribution in [2.24, 2.45) is 10.9 Å². The van der Waals surface area contributed by atoms with Gasteiger partial charge >= 0.3 is 5.97 Å². The lowest BCUT2D eigenvalue weighted by Crippen LogP contribution is -2.48. The van der Waals surface area contributed by atoms with Gasteiger partial charge < -0.3 is 10.0 Å². The number of aryl methyl sites for hydroxylation is 1. The standard InChI is InChI=1S/C26H36FN5O2/c1-5-7-18(3)23(8-6-2)30-24-14-22(27)21(13-19(24)4)20-15-28-26(29-16-20)32-11-9-31(10-12-32)17-25(33)34/h13-16,18H,5-12,17H2,1-4H3,(H,33,34). The summed E-state index contributed by atoms with van der Waals surface area (Å²) in [6.45, 7) is 11.1. The number of benzene rings is 1. The number of hydrogen-bond donors (Lipinski definition) is 1. The Morgan fingerprint density at radius 3 is 2.41 bits per heavy atom. The minimum Gasteiger partial charge on any atom is -0.480 e. The first-order valence-electron chi connectivity index (χ1n) is 12.2. The van der Waals surface area contributed by atoms with Gasteiger partial charge in [0.1, 0.15) is 5.82 Å². The molecule has 1 unspecified atom stereocenters. The highest BCUT2D eigenvalue weighted by molar-refractivity contribution is 5.89. The van der Waals surface area contributed by atoms with E-state index in [1.54, 1.807) is 12.4 Å². The van der Waals surface area contributed by atoms with E-state index in [0.29, 0.717) is 54.9 Å². The second-order valence-corrected chi connectivity index (χ2v) is 9.09. The maximum atomic E-state index is 15.1. The first-order chi connectivity index (χ1) is 16.3. The first kappa shape index (κ1) is 25.7. The smallest absolute Gasteiger partial charge is 0.317 e. The monoisotopic (exact) mass is 469 g/mol. The number of carboxylic acids is 1. The van der Waals surface area contributed by atoms with Gasteiger partial charge in [0.05, 0.1) is 12.2 Å². The van der Waals surface area contributed by atoms with Crippen molar-refractivity contribution in [3.63, 3.8) is 0 Å². The SMILES string of the molecule is CCCC(=Nc1cc(F)c(-c2cnc(N3CCN(CC(=O)O)CC3)nc2)cc1C)C(C)CCC. The van der Waals surface area contributed by atoms with Crippen LogP contribution in [-0.4, -0.2) is 64.4 Å². The van der Waals surface area contributed by atoms with Crippen LogP contribution in [0.2, 0.25) is 0 Å². The van der Waals surface area contributed by atoms with E-state index in [9.17, 15) is 4.79 Å². The highest BCUT2D eigenvalue weighted by Crippen LogP contribution is 2.31. The summed E-state index contributed by atoms with van der Waals surface area (Å²) in [6.07, 6.45) is 7.42. The number of carboxylic acid groups (broad SMARTS) is 1. The third kappa shape index (κ3) is 6.59. The van der Waals surface area contributed by atoms with E-state index in [4.69, 9.17) is 10.1 Å². The van der Waals surface area contributed by atoms with Gasteiger partial charge in [-0.3, -0.25) is 14.7 Å². The topological polar surface area (TPSA) is 81.9 Å². The van der Waals surface area contributed by atoms with Gasteiger partial charge in [-0.2, -0.15) is 0 Å². The number of rotatable bonds is 10. The van der Waals surface area contributed by atoms with Gasteiger partial charge in [-0.25, -0.2) is 14.4 Å². The Labute approximate surface area is 201 Å². The Morgan fingerprint density at radius 1 is 1.15 bits per heavy atom. The normalized spacial score (nSPS) is 16.0. The highest BCUT2D eigenvalue weighted by Gasteiger charge is 2.21. The molecule has 1 fully saturated rings. The molecule has 0 saturated carbocycles. The molecule has 0 aliphatic carbocycles. The van der Waals surface area contributed by atoms with E-state index in [1.165, 1.54) is 6.07 Å². The summed E-state index contributed by atoms with van der Waals surface area (Å²) < 4.78 is 15.1. The number of piperazine rings is 1. The Morgan fingerprint density at radius 2 is 1.82 bits per heavy atom. The van der Waals surface area contributed by atoms with Gasteiger partial charge in [0.15, 0.2) is 0 Å². The van der Waals surface area contributed by atoms with Crippen molar-refractivity contribution in [2.45, 2.75) is 53.4 Å². The molecule has 0 radical (unpaired) electrons. The summed E-state index contributed by atoms with van der Waals surface area (Å²) in [5.41, 5.74) is 3.83. The van der Waals surface area contributed by atoms with Crippen LogP contribution in [0.1, 0.15) is 52.0 Å². The number of halogens is 1. The molecule has 8 heteroatoms. The molecule has 0 spiro atoms. The largest absolute Gasteiger partial charge is 0.480 e. The van der Waals surface area contributed by atoms with E-state index < -0.39 is 5.97 Å². The van der Waals surface area contributed by atoms with Crippen molar-refractivity contribution in [1.82, 2.24) is 14.9 Å². The predicted molar refractivity (Wildman–Crippen MR) is 135 cm³/mol. The minimum absolute atomic E-state index is 0.0454. The Balaban J connectivity index is 1.76. The van der Waals surface area contributed by atoms with Gasteiger partial charge in [0.2, 0.25) is 5.95 Å². The van der Waals surface area contributed by atoms with Crippen molar-refractivity contribution in [2.75, 3.05) is 37.6 Å². The second kappa shape index (κ2) is 12.0. The van der Waals surface area contributed by atoms with Crippen LogP contribution in [0.5, 0.6) is 0 Å². The van der Waals surface area contributed by atoms with Crippen LogP contribution in [0, 0.1) is 18.7 Å². The van der Waals surface area contributed by atoms with Crippen LogP contribution in [0.25, 0.3) is 11.1 Å². The lowest BCUT2D eigenvalue weighted by atomic mass is 9.96. The number of carbonyl (C=O) groups is 1. The number of hydrogen-bond acceptors (Lipinski definition) is 6. The molecular formula is C26H36FN5O2. The van der Waals surface area contributed by atoms with Crippen LogP contribution in [0.3, 0.4) is 0 Å². The van der Waals surface area contributed by atoms with E-state index in [-0.39, 0.29) is 12.4 Å². The molecule has 1 N–H and O–H groups in total. The molecule has 1 aromatic heterocycles. The predicted octanol–water partition coefficient (Wildman–Crippen LogP) is 5.11. The Bertz CT molecular complexity index is 1000. The third-order valence-corrected chi connectivity index (χ3v) is 6.31. The van der Waals surface area contributed by atoms with Crippen molar-refractivity contribution >= 4 is 23.3 Å². The number of anilines is 1. The maximum Gasteiger partial charge on any atom is 0.317 e. The number of aromatic nitrogens is 2. The molecule has 1 atom stereocenters. The molecule has 1 aliphatic rings. The van der Waals surface area contributed by atoms with Crippen molar-refractivity contribution in [3.8, 4) is 11.1 Å². The molecule has 1 aromatic carbocycles. The van der Waals surface area contributed by atoms with Gasteiger partial charge in [-0.05, 0) is 37.3 Å². The first-order valence-corrected chi connectivity index (χ1v) is 12.2. The quantitative estimate of drug-likeness (QED) is 0.487. The average Bonchev–Trinajstić information content (AvgIpc) is 2.81. The van der Waals surface area contributed by atoms with Crippen LogP contribution in [0.4, 0.5) is 16.0 Å². The van der Waals surface area contributed by atoms with E-state index in [0.717, 1.165) is 37.0 Å². The zero-order valence-electron chi connectivity index (χ0n) is 20.7. The molecule has 3 rings (SSSR count). The molecule has 2 aromatic rings. The molecule has 7 nitrogen and oxygen atoms in total. The van der Waals surface area contributed by atoms with Crippen molar-refractivity contribution < 1.29 is 14.3 Å². The summed E-state index contributed by atoms with van der Waals surface area (Å²) in [7, 11) is 0. The minimum atomic E-state index is -0.819. The zero-order valence-corrected chi connectivity index (χ0v) is 20.7. The number of aliphatic imine (C=N–C) groups is 1. The van der Waals surface area contributed by atoms with Gasteiger partial charge in [-0.1, -0.05) is 33.6 Å². The van der Waals surface area contributed by atoms with E-state index >= 15 is 4.39 Å². The molecule has 1 aliphatic heterocycles. The lowest BCUT2D eigenvalue weighted by molar-refractivity contribution is -0.138. The molecule has 0 bridgehead atoms. The molecule has 34 heavy (non-hydrogen) atoms. The maximum absolute atomic E-state index is 15.1. The van der Waals surface area contributed by atoms with Gasteiger partial charge in [0.25, 0.3) is 0 Å². The Hall–Kier alpha value is -2.87. The summed E-state index contributed by atoms with van der Waals surface area (Å²) in [6, 6.07) is 3.35. The molecule has 0 amide bonds. The Kier molecular flexibility index (Phi) is 9.10. The van der Waals surface area contributed by atoms with Crippen LogP contribution >= 0.6 is 0 Å². The molecule has 1 saturated heterocycles. The fourth-order valence-corrected chi connectivity index (χ4v) is 4.36. The van der Waals surface area contributed by atoms with E-state index in [1.807, 2.05) is 22.8 Å². The van der Waals surface area contributed by atoms with Gasteiger partial charge in [-0.15, -0.1) is 0 Å². The summed E-state index contributed by atoms with van der Waals surface area (Å²) in [4.78, 5) is 28.6. The summed E-state index contributed by atoms with van der Waals surface area (Å²) in [5.74, 6) is -0.188. The van der Waals surface area contributed by atoms with Crippen molar-refractivity contribution in [3.05, 3.63) is 35.9 Å². The molecule has 184 valence electrons. The molecular weight excluding hydrogens is 433 g/mol. The van der Waals surface area contributed by atoms with Crippen molar-refractivity contribution in [1.29, 1.82) is 0 Å². The average molecular weight is 470 g/mol. The summed E-state index contributed by atoms with van der Waals surface area (Å²) >= 11 is 0. The summed E-state index contributed by atoms with van der Waals surface area (Å²) in [5, 5.41) is 8.94. The van der Waals surface area contributed by atoms with E-state index in [2.05, 4.69) is 30.7 Å².